The third-order valence-electron chi connectivity index (χ3n) is 5.87. The molecule has 4 aromatic rings. The molecule has 3 nitrogen and oxygen atoms in total. The Hall–Kier alpha value is -3.11. The number of benzene rings is 4. The number of rotatable bonds is 4. The third-order valence-corrected chi connectivity index (χ3v) is 6.37. The number of nitrogens with zero attached hydrogens (tertiary/aromatic N) is 1. The van der Waals surface area contributed by atoms with Crippen molar-refractivity contribution in [3.63, 3.8) is 0 Å². The monoisotopic (exact) mass is 471 g/mol. The van der Waals surface area contributed by atoms with Gasteiger partial charge in [0.1, 0.15) is 12.4 Å². The second kappa shape index (κ2) is 8.56. The van der Waals surface area contributed by atoms with Crippen LogP contribution < -0.4 is 4.74 Å². The van der Waals surface area contributed by atoms with Crippen LogP contribution in [0, 0.1) is 0 Å². The van der Waals surface area contributed by atoms with Gasteiger partial charge in [-0.2, -0.15) is 0 Å². The van der Waals surface area contributed by atoms with Gasteiger partial charge in [-0.15, -0.1) is 0 Å². The first-order valence-electron chi connectivity index (χ1n) is 10.4. The minimum absolute atomic E-state index is 0.0413. The molecule has 31 heavy (non-hydrogen) atoms. The lowest BCUT2D eigenvalue weighted by Crippen LogP contribution is -2.47. The zero-order valence-electron chi connectivity index (χ0n) is 17.0. The largest absolute Gasteiger partial charge is 0.491 e. The van der Waals surface area contributed by atoms with Crippen molar-refractivity contribution >= 4 is 32.6 Å². The summed E-state index contributed by atoms with van der Waals surface area (Å²) in [5.41, 5.74) is 3.23. The van der Waals surface area contributed by atoms with Crippen LogP contribution in [0.1, 0.15) is 21.5 Å². The number of fused-ring (bicyclic) bond motifs is 2. The van der Waals surface area contributed by atoms with Crippen LogP contribution in [0.3, 0.4) is 0 Å². The summed E-state index contributed by atoms with van der Waals surface area (Å²) in [6, 6.07) is 30.1. The van der Waals surface area contributed by atoms with Gasteiger partial charge in [-0.05, 0) is 52.6 Å². The molecule has 1 aliphatic rings. The van der Waals surface area contributed by atoms with E-state index in [1.807, 2.05) is 77.7 Å². The standard InChI is InChI=1S/C27H22BrNO2/c28-22-11-6-12-24(16-22)31-18-23-15-20-8-1-2-9-21(20)17-29(23)27(30)26-14-5-10-19-7-3-4-13-25(19)26/h1-14,16,23H,15,17-18H2/t23-/m0/s1. The molecule has 0 aromatic heterocycles. The second-order valence-electron chi connectivity index (χ2n) is 7.85. The van der Waals surface area contributed by atoms with Gasteiger partial charge in [0.25, 0.3) is 5.91 Å². The van der Waals surface area contributed by atoms with Gasteiger partial charge in [0.2, 0.25) is 0 Å². The van der Waals surface area contributed by atoms with Crippen LogP contribution in [0.2, 0.25) is 0 Å². The van der Waals surface area contributed by atoms with Crippen LogP contribution >= 0.6 is 15.9 Å². The van der Waals surface area contributed by atoms with Gasteiger partial charge in [-0.3, -0.25) is 4.79 Å². The maximum Gasteiger partial charge on any atom is 0.255 e. The second-order valence-corrected chi connectivity index (χ2v) is 8.77. The van der Waals surface area contributed by atoms with Crippen LogP contribution in [0.5, 0.6) is 5.75 Å². The lowest BCUT2D eigenvalue weighted by molar-refractivity contribution is 0.0568. The third kappa shape index (κ3) is 4.08. The minimum Gasteiger partial charge on any atom is -0.491 e. The van der Waals surface area contributed by atoms with Gasteiger partial charge in [0.05, 0.1) is 6.04 Å². The Morgan fingerprint density at radius 1 is 0.903 bits per heavy atom. The van der Waals surface area contributed by atoms with E-state index in [4.69, 9.17) is 4.74 Å². The summed E-state index contributed by atoms with van der Waals surface area (Å²) in [5.74, 6) is 0.847. The zero-order valence-corrected chi connectivity index (χ0v) is 18.6. The molecule has 4 aromatic carbocycles. The highest BCUT2D eigenvalue weighted by Crippen LogP contribution is 2.28. The van der Waals surface area contributed by atoms with Gasteiger partial charge in [0, 0.05) is 16.6 Å². The first kappa shape index (κ1) is 19.8. The zero-order chi connectivity index (χ0) is 21.2. The molecule has 0 bridgehead atoms. The maximum atomic E-state index is 13.8. The number of ether oxygens (including phenoxy) is 1. The molecule has 0 radical (unpaired) electrons. The highest BCUT2D eigenvalue weighted by Gasteiger charge is 2.31. The number of hydrogen-bond donors (Lipinski definition) is 0. The van der Waals surface area contributed by atoms with E-state index >= 15 is 0 Å². The number of halogens is 1. The Morgan fingerprint density at radius 3 is 2.52 bits per heavy atom. The molecule has 1 heterocycles. The number of amides is 1. The Morgan fingerprint density at radius 2 is 1.65 bits per heavy atom. The summed E-state index contributed by atoms with van der Waals surface area (Å²) < 4.78 is 7.10. The lowest BCUT2D eigenvalue weighted by atomic mass is 9.93. The van der Waals surface area contributed by atoms with E-state index in [1.54, 1.807) is 0 Å². The molecule has 0 aliphatic carbocycles. The van der Waals surface area contributed by atoms with Crippen molar-refractivity contribution in [2.45, 2.75) is 19.0 Å². The average Bonchev–Trinajstić information content (AvgIpc) is 2.81. The topological polar surface area (TPSA) is 29.5 Å². The van der Waals surface area contributed by atoms with Crippen LogP contribution in [0.15, 0.2) is 95.5 Å². The predicted molar refractivity (Wildman–Crippen MR) is 127 cm³/mol. The van der Waals surface area contributed by atoms with E-state index in [2.05, 4.69) is 34.1 Å². The van der Waals surface area contributed by atoms with Crippen molar-refractivity contribution in [2.24, 2.45) is 0 Å². The van der Waals surface area contributed by atoms with Crippen LogP contribution in [0.25, 0.3) is 10.8 Å². The fourth-order valence-electron chi connectivity index (χ4n) is 4.29. The van der Waals surface area contributed by atoms with E-state index in [0.717, 1.165) is 33.0 Å². The fraction of sp³-hybridized carbons (Fsp3) is 0.148. The number of carbonyl (C=O) groups excluding carboxylic acids is 1. The summed E-state index contributed by atoms with van der Waals surface area (Å²) in [6.45, 7) is 1.03. The van der Waals surface area contributed by atoms with E-state index < -0.39 is 0 Å². The smallest absolute Gasteiger partial charge is 0.255 e. The van der Waals surface area contributed by atoms with Crippen LogP contribution in [-0.4, -0.2) is 23.5 Å². The van der Waals surface area contributed by atoms with E-state index in [0.29, 0.717) is 13.2 Å². The summed E-state index contributed by atoms with van der Waals surface area (Å²) in [4.78, 5) is 15.7. The van der Waals surface area contributed by atoms with E-state index in [-0.39, 0.29) is 11.9 Å². The summed E-state index contributed by atoms with van der Waals surface area (Å²) in [5, 5.41) is 2.06. The first-order valence-corrected chi connectivity index (χ1v) is 11.2. The van der Waals surface area contributed by atoms with Gasteiger partial charge >= 0.3 is 0 Å². The van der Waals surface area contributed by atoms with Crippen molar-refractivity contribution in [2.75, 3.05) is 6.61 Å². The van der Waals surface area contributed by atoms with Crippen LogP contribution in [0.4, 0.5) is 0 Å². The van der Waals surface area contributed by atoms with Crippen molar-refractivity contribution < 1.29 is 9.53 Å². The normalized spacial score (nSPS) is 15.5. The quantitative estimate of drug-likeness (QED) is 0.352. The fourth-order valence-corrected chi connectivity index (χ4v) is 4.67. The van der Waals surface area contributed by atoms with Crippen molar-refractivity contribution in [3.8, 4) is 5.75 Å². The van der Waals surface area contributed by atoms with Gasteiger partial charge in [-0.1, -0.05) is 82.7 Å². The average molecular weight is 472 g/mol. The number of carbonyl (C=O) groups is 1. The SMILES string of the molecule is O=C(c1cccc2ccccc12)N1Cc2ccccc2C[C@H]1COc1cccc(Br)c1. The highest BCUT2D eigenvalue weighted by molar-refractivity contribution is 9.10. The molecular weight excluding hydrogens is 450 g/mol. The van der Waals surface area contributed by atoms with Gasteiger partial charge in [-0.25, -0.2) is 0 Å². The molecule has 0 unspecified atom stereocenters. The predicted octanol–water partition coefficient (Wildman–Crippen LogP) is 6.25. The Kier molecular flexibility index (Phi) is 5.47. The molecule has 0 N–H and O–H groups in total. The van der Waals surface area contributed by atoms with Crippen molar-refractivity contribution in [1.82, 2.24) is 4.90 Å². The van der Waals surface area contributed by atoms with Crippen molar-refractivity contribution in [1.29, 1.82) is 0 Å². The summed E-state index contributed by atoms with van der Waals surface area (Å²) >= 11 is 3.49. The van der Waals surface area contributed by atoms with Crippen LogP contribution in [-0.2, 0) is 13.0 Å². The maximum absolute atomic E-state index is 13.8. The first-order chi connectivity index (χ1) is 15.2. The van der Waals surface area contributed by atoms with E-state index in [1.165, 1.54) is 11.1 Å². The molecular formula is C27H22BrNO2. The van der Waals surface area contributed by atoms with Crippen molar-refractivity contribution in [3.05, 3.63) is 112 Å². The Balaban J connectivity index is 1.48. The number of hydrogen-bond acceptors (Lipinski definition) is 2. The molecule has 154 valence electrons. The molecule has 0 saturated carbocycles. The van der Waals surface area contributed by atoms with E-state index in [9.17, 15) is 4.79 Å². The summed E-state index contributed by atoms with van der Waals surface area (Å²) in [7, 11) is 0. The summed E-state index contributed by atoms with van der Waals surface area (Å²) in [6.07, 6.45) is 0.778. The lowest BCUT2D eigenvalue weighted by Gasteiger charge is -2.37. The molecule has 0 spiro atoms. The Bertz CT molecular complexity index is 1250. The minimum atomic E-state index is -0.0413. The highest BCUT2D eigenvalue weighted by atomic mass is 79.9. The molecule has 1 aliphatic heterocycles. The Labute approximate surface area is 190 Å². The molecule has 1 atom stereocenters. The molecule has 4 heteroatoms. The molecule has 1 amide bonds. The molecule has 5 rings (SSSR count). The molecule has 0 saturated heterocycles. The van der Waals surface area contributed by atoms with Gasteiger partial charge in [0.15, 0.2) is 0 Å². The van der Waals surface area contributed by atoms with Gasteiger partial charge < -0.3 is 9.64 Å². The molecule has 0 fully saturated rings.